The second-order valence-corrected chi connectivity index (χ2v) is 3.92. The zero-order valence-electron chi connectivity index (χ0n) is 9.86. The smallest absolute Gasteiger partial charge is 0.308 e. The Labute approximate surface area is 109 Å². The SMILES string of the molecule is CC(=O)Oc1ccc(CC(=O)Cl)cc1OC(C)=O. The molecule has 1 aromatic carbocycles. The Hall–Kier alpha value is -1.88. The minimum Gasteiger partial charge on any atom is -0.423 e. The van der Waals surface area contributed by atoms with E-state index in [1.165, 1.54) is 26.0 Å². The molecule has 1 aromatic rings. The van der Waals surface area contributed by atoms with Crippen LogP contribution in [0, 0.1) is 0 Å². The average molecular weight is 271 g/mol. The summed E-state index contributed by atoms with van der Waals surface area (Å²) >= 11 is 5.26. The molecule has 0 N–H and O–H groups in total. The highest BCUT2D eigenvalue weighted by Crippen LogP contribution is 2.29. The van der Waals surface area contributed by atoms with Gasteiger partial charge in [-0.1, -0.05) is 6.07 Å². The summed E-state index contributed by atoms with van der Waals surface area (Å²) in [4.78, 5) is 32.6. The maximum atomic E-state index is 10.9. The van der Waals surface area contributed by atoms with E-state index in [9.17, 15) is 14.4 Å². The Bertz CT molecular complexity index is 495. The van der Waals surface area contributed by atoms with Gasteiger partial charge in [-0.05, 0) is 29.3 Å². The number of halogens is 1. The van der Waals surface area contributed by atoms with Crippen molar-refractivity contribution in [1.29, 1.82) is 0 Å². The van der Waals surface area contributed by atoms with E-state index in [0.29, 0.717) is 5.56 Å². The molecular weight excluding hydrogens is 260 g/mol. The largest absolute Gasteiger partial charge is 0.423 e. The number of carbonyl (C=O) groups is 3. The molecule has 0 aromatic heterocycles. The molecule has 18 heavy (non-hydrogen) atoms. The van der Waals surface area contributed by atoms with Crippen molar-refractivity contribution in [1.82, 2.24) is 0 Å². The summed E-state index contributed by atoms with van der Waals surface area (Å²) in [5.74, 6) is -0.904. The van der Waals surface area contributed by atoms with Gasteiger partial charge in [0, 0.05) is 20.3 Å². The molecule has 96 valence electrons. The second kappa shape index (κ2) is 6.16. The van der Waals surface area contributed by atoms with Crippen molar-refractivity contribution in [2.24, 2.45) is 0 Å². The van der Waals surface area contributed by atoms with Crippen LogP contribution in [0.1, 0.15) is 19.4 Å². The number of hydrogen-bond acceptors (Lipinski definition) is 5. The second-order valence-electron chi connectivity index (χ2n) is 3.50. The highest BCUT2D eigenvalue weighted by molar-refractivity contribution is 6.63. The third-order valence-electron chi connectivity index (χ3n) is 1.86. The van der Waals surface area contributed by atoms with Crippen LogP contribution in [-0.2, 0) is 20.8 Å². The topological polar surface area (TPSA) is 69.7 Å². The lowest BCUT2D eigenvalue weighted by molar-refractivity contribution is -0.134. The number of ether oxygens (including phenoxy) is 2. The van der Waals surface area contributed by atoms with Crippen LogP contribution in [-0.4, -0.2) is 17.2 Å². The molecular formula is C12H11ClO5. The lowest BCUT2D eigenvalue weighted by atomic mass is 10.1. The van der Waals surface area contributed by atoms with Gasteiger partial charge in [0.25, 0.3) is 0 Å². The molecule has 0 amide bonds. The first-order chi connectivity index (χ1) is 8.38. The third kappa shape index (κ3) is 4.55. The molecule has 0 heterocycles. The molecule has 5 nitrogen and oxygen atoms in total. The third-order valence-corrected chi connectivity index (χ3v) is 1.99. The molecule has 0 radical (unpaired) electrons. The first-order valence-electron chi connectivity index (χ1n) is 5.06. The summed E-state index contributed by atoms with van der Waals surface area (Å²) in [6.45, 7) is 2.45. The molecule has 0 bridgehead atoms. The van der Waals surface area contributed by atoms with Crippen molar-refractivity contribution in [3.63, 3.8) is 0 Å². The van der Waals surface area contributed by atoms with Gasteiger partial charge in [-0.3, -0.25) is 14.4 Å². The maximum absolute atomic E-state index is 10.9. The van der Waals surface area contributed by atoms with Crippen LogP contribution in [0.25, 0.3) is 0 Å². The summed E-state index contributed by atoms with van der Waals surface area (Å²) in [7, 11) is 0. The minimum absolute atomic E-state index is 0.00380. The Morgan fingerprint density at radius 3 is 2.11 bits per heavy atom. The predicted molar refractivity (Wildman–Crippen MR) is 63.6 cm³/mol. The summed E-state index contributed by atoms with van der Waals surface area (Å²) in [6.07, 6.45) is -0.00380. The van der Waals surface area contributed by atoms with Gasteiger partial charge in [0.05, 0.1) is 0 Å². The van der Waals surface area contributed by atoms with Gasteiger partial charge in [-0.2, -0.15) is 0 Å². The fourth-order valence-electron chi connectivity index (χ4n) is 1.30. The zero-order chi connectivity index (χ0) is 13.7. The minimum atomic E-state index is -0.558. The Balaban J connectivity index is 3.06. The summed E-state index contributed by atoms with van der Waals surface area (Å²) in [5.41, 5.74) is 0.558. The van der Waals surface area contributed by atoms with Crippen LogP contribution in [0.4, 0.5) is 0 Å². The highest BCUT2D eigenvalue weighted by atomic mass is 35.5. The molecule has 0 aliphatic rings. The van der Waals surface area contributed by atoms with Crippen LogP contribution in [0.5, 0.6) is 11.5 Å². The normalized spacial score (nSPS) is 9.72. The molecule has 0 atom stereocenters. The van der Waals surface area contributed by atoms with Crippen molar-refractivity contribution < 1.29 is 23.9 Å². The first-order valence-corrected chi connectivity index (χ1v) is 5.44. The molecule has 6 heteroatoms. The van der Waals surface area contributed by atoms with Crippen molar-refractivity contribution in [2.75, 3.05) is 0 Å². The summed E-state index contributed by atoms with van der Waals surface area (Å²) in [5, 5.41) is -0.538. The number of hydrogen-bond donors (Lipinski definition) is 0. The lowest BCUT2D eigenvalue weighted by Gasteiger charge is -2.09. The summed E-state index contributed by atoms with van der Waals surface area (Å²) in [6, 6.07) is 4.43. The molecule has 0 saturated carbocycles. The van der Waals surface area contributed by atoms with Gasteiger partial charge in [0.15, 0.2) is 11.5 Å². The van der Waals surface area contributed by atoms with Gasteiger partial charge in [-0.15, -0.1) is 0 Å². The molecule has 0 aliphatic heterocycles. The van der Waals surface area contributed by atoms with E-state index in [0.717, 1.165) is 0 Å². The molecule has 0 spiro atoms. The Morgan fingerprint density at radius 2 is 1.61 bits per heavy atom. The first kappa shape index (κ1) is 14.2. The summed E-state index contributed by atoms with van der Waals surface area (Å²) < 4.78 is 9.77. The fourth-order valence-corrected chi connectivity index (χ4v) is 1.45. The van der Waals surface area contributed by atoms with Crippen LogP contribution >= 0.6 is 11.6 Å². The van der Waals surface area contributed by atoms with Gasteiger partial charge >= 0.3 is 11.9 Å². The van der Waals surface area contributed by atoms with Crippen LogP contribution in [0.3, 0.4) is 0 Å². The molecule has 0 aliphatic carbocycles. The number of carbonyl (C=O) groups excluding carboxylic acids is 3. The van der Waals surface area contributed by atoms with Gasteiger partial charge in [0.2, 0.25) is 5.24 Å². The van der Waals surface area contributed by atoms with Gasteiger partial charge in [0.1, 0.15) is 0 Å². The molecule has 1 rings (SSSR count). The van der Waals surface area contributed by atoms with Crippen LogP contribution in [0.15, 0.2) is 18.2 Å². The van der Waals surface area contributed by atoms with Crippen molar-refractivity contribution in [3.8, 4) is 11.5 Å². The highest BCUT2D eigenvalue weighted by Gasteiger charge is 2.12. The van der Waals surface area contributed by atoms with E-state index in [2.05, 4.69) is 0 Å². The zero-order valence-corrected chi connectivity index (χ0v) is 10.6. The van der Waals surface area contributed by atoms with Crippen molar-refractivity contribution >= 4 is 28.8 Å². The number of rotatable bonds is 4. The van der Waals surface area contributed by atoms with E-state index in [4.69, 9.17) is 21.1 Å². The van der Waals surface area contributed by atoms with E-state index >= 15 is 0 Å². The predicted octanol–water partition coefficient (Wildman–Crippen LogP) is 1.85. The monoisotopic (exact) mass is 270 g/mol. The quantitative estimate of drug-likeness (QED) is 0.474. The molecule has 0 unspecified atom stereocenters. The van der Waals surface area contributed by atoms with E-state index < -0.39 is 17.2 Å². The van der Waals surface area contributed by atoms with Crippen molar-refractivity contribution in [2.45, 2.75) is 20.3 Å². The Morgan fingerprint density at radius 1 is 1.06 bits per heavy atom. The average Bonchev–Trinajstić information content (AvgIpc) is 2.19. The van der Waals surface area contributed by atoms with Crippen LogP contribution in [0.2, 0.25) is 0 Å². The van der Waals surface area contributed by atoms with E-state index in [-0.39, 0.29) is 17.9 Å². The molecule has 0 saturated heterocycles. The standard InChI is InChI=1S/C12H11ClO5/c1-7(14)17-10-4-3-9(6-12(13)16)5-11(10)18-8(2)15/h3-5H,6H2,1-2H3. The van der Waals surface area contributed by atoms with Crippen LogP contribution < -0.4 is 9.47 Å². The maximum Gasteiger partial charge on any atom is 0.308 e. The van der Waals surface area contributed by atoms with Gasteiger partial charge in [-0.25, -0.2) is 0 Å². The van der Waals surface area contributed by atoms with Gasteiger partial charge < -0.3 is 9.47 Å². The number of benzene rings is 1. The van der Waals surface area contributed by atoms with Crippen molar-refractivity contribution in [3.05, 3.63) is 23.8 Å². The fraction of sp³-hybridized carbons (Fsp3) is 0.250. The Kier molecular flexibility index (Phi) is 4.85. The molecule has 0 fully saturated rings. The lowest BCUT2D eigenvalue weighted by Crippen LogP contribution is -2.08. The van der Waals surface area contributed by atoms with E-state index in [1.807, 2.05) is 0 Å². The van der Waals surface area contributed by atoms with E-state index in [1.54, 1.807) is 6.07 Å². The number of esters is 2.